The molecule has 1 unspecified atom stereocenters. The molecule has 6 amide bonds. The summed E-state index contributed by atoms with van der Waals surface area (Å²) in [4.78, 5) is 78.5. The molecule has 14 nitrogen and oxygen atoms in total. The van der Waals surface area contributed by atoms with Gasteiger partial charge in [0.15, 0.2) is 5.82 Å². The van der Waals surface area contributed by atoms with Crippen LogP contribution in [0, 0.1) is 0 Å². The molecule has 0 spiro atoms. The van der Waals surface area contributed by atoms with Gasteiger partial charge in [-0.15, -0.1) is 0 Å². The zero-order valence-corrected chi connectivity index (χ0v) is 28.6. The maximum absolute atomic E-state index is 13.3. The minimum absolute atomic E-state index is 0.0142. The van der Waals surface area contributed by atoms with Gasteiger partial charge in [0.25, 0.3) is 17.7 Å². The van der Waals surface area contributed by atoms with Crippen molar-refractivity contribution in [1.29, 1.82) is 0 Å². The molecule has 1 aliphatic carbocycles. The summed E-state index contributed by atoms with van der Waals surface area (Å²) < 4.78 is 5.53. The van der Waals surface area contributed by atoms with Crippen LogP contribution in [-0.4, -0.2) is 82.0 Å². The summed E-state index contributed by atoms with van der Waals surface area (Å²) in [5.41, 5.74) is 3.94. The maximum atomic E-state index is 13.3. The van der Waals surface area contributed by atoms with Crippen LogP contribution in [0.25, 0.3) is 0 Å². The Morgan fingerprint density at radius 2 is 1.63 bits per heavy atom. The molecule has 3 fully saturated rings. The monoisotopic (exact) mass is 695 g/mol. The van der Waals surface area contributed by atoms with Gasteiger partial charge in [-0.2, -0.15) is 5.10 Å². The number of carbonyl (C=O) groups excluding carboxylic acids is 6. The number of nitrogens with one attached hydrogen (secondary N) is 4. The normalized spacial score (nSPS) is 22.3. The minimum atomic E-state index is -0.993. The third-order valence-corrected chi connectivity index (χ3v) is 10.3. The molecule has 4 N–H and O–H groups in total. The van der Waals surface area contributed by atoms with Crippen molar-refractivity contribution < 1.29 is 33.5 Å². The average molecular weight is 696 g/mol. The van der Waals surface area contributed by atoms with E-state index in [4.69, 9.17) is 4.74 Å². The number of fused-ring (bicyclic) bond motifs is 1. The molecule has 266 valence electrons. The summed E-state index contributed by atoms with van der Waals surface area (Å²) in [6.07, 6.45) is 3.69. The Bertz CT molecular complexity index is 1880. The fraction of sp³-hybridized carbons (Fsp3) is 0.432. The van der Waals surface area contributed by atoms with Gasteiger partial charge in [0, 0.05) is 54.5 Å². The van der Waals surface area contributed by atoms with Crippen molar-refractivity contribution in [2.45, 2.75) is 88.8 Å². The second-order valence-corrected chi connectivity index (χ2v) is 14.1. The van der Waals surface area contributed by atoms with Gasteiger partial charge in [-0.1, -0.05) is 12.1 Å². The number of benzene rings is 2. The Kier molecular flexibility index (Phi) is 9.32. The Morgan fingerprint density at radius 3 is 2.35 bits per heavy atom. The third-order valence-electron chi connectivity index (χ3n) is 10.3. The fourth-order valence-electron chi connectivity index (χ4n) is 7.58. The number of anilines is 2. The highest BCUT2D eigenvalue weighted by Gasteiger charge is 2.45. The van der Waals surface area contributed by atoms with Gasteiger partial charge in [-0.25, -0.2) is 4.79 Å². The standard InChI is InChI=1S/C37H41N7O7/c1-20(2)38-37(50)51-26-9-7-24(17-26)29-19-31(42-41-29)39-33(46)23-5-3-21(4-6-23)22-13-15-43(16-14-22)25-8-10-27-28(18-25)36(49)44(35(27)48)30-11-12-32(45)40-34(30)47/h3-6,8,10,18-20,22,24,26,30H,7,9,11-17H2,1-2H3,(H,38,50)(H,40,45,47)(H2,39,41,42,46)/t24-,26+,30?/m0/s1. The molecule has 2 saturated heterocycles. The topological polar surface area (TPSA) is 183 Å². The average Bonchev–Trinajstić information content (AvgIpc) is 3.83. The van der Waals surface area contributed by atoms with Crippen LogP contribution in [0.1, 0.15) is 113 Å². The highest BCUT2D eigenvalue weighted by molar-refractivity contribution is 6.23. The molecule has 51 heavy (non-hydrogen) atoms. The van der Waals surface area contributed by atoms with Crippen molar-refractivity contribution in [3.63, 3.8) is 0 Å². The number of H-pyrrole nitrogens is 1. The number of hydrogen-bond donors (Lipinski definition) is 4. The Hall–Kier alpha value is -5.53. The number of imide groups is 2. The number of hydrogen-bond acceptors (Lipinski definition) is 9. The largest absolute Gasteiger partial charge is 0.446 e. The van der Waals surface area contributed by atoms with Crippen molar-refractivity contribution >= 4 is 47.1 Å². The van der Waals surface area contributed by atoms with E-state index in [0.29, 0.717) is 23.7 Å². The van der Waals surface area contributed by atoms with Crippen LogP contribution in [0.5, 0.6) is 0 Å². The van der Waals surface area contributed by atoms with E-state index in [2.05, 4.69) is 31.0 Å². The lowest BCUT2D eigenvalue weighted by Crippen LogP contribution is -2.54. The third kappa shape index (κ3) is 7.08. The molecule has 1 saturated carbocycles. The number of aromatic amines is 1. The molecular weight excluding hydrogens is 654 g/mol. The van der Waals surface area contributed by atoms with E-state index < -0.39 is 35.8 Å². The second-order valence-electron chi connectivity index (χ2n) is 14.1. The summed E-state index contributed by atoms with van der Waals surface area (Å²) in [6, 6.07) is 13.7. The van der Waals surface area contributed by atoms with Crippen molar-refractivity contribution in [3.05, 3.63) is 76.5 Å². The highest BCUT2D eigenvalue weighted by Crippen LogP contribution is 2.37. The molecule has 3 atom stereocenters. The van der Waals surface area contributed by atoms with Gasteiger partial charge >= 0.3 is 6.09 Å². The lowest BCUT2D eigenvalue weighted by molar-refractivity contribution is -0.136. The van der Waals surface area contributed by atoms with Crippen molar-refractivity contribution in [2.24, 2.45) is 0 Å². The number of alkyl carbamates (subject to hydrolysis) is 1. The first-order chi connectivity index (χ1) is 24.5. The van der Waals surface area contributed by atoms with E-state index in [1.165, 1.54) is 0 Å². The number of aromatic nitrogens is 2. The Morgan fingerprint density at radius 1 is 0.882 bits per heavy atom. The molecule has 2 aromatic carbocycles. The molecule has 0 radical (unpaired) electrons. The van der Waals surface area contributed by atoms with Gasteiger partial charge in [-0.05, 0) is 94.2 Å². The summed E-state index contributed by atoms with van der Waals surface area (Å²) in [5.74, 6) is -1.42. The minimum Gasteiger partial charge on any atom is -0.446 e. The van der Waals surface area contributed by atoms with Gasteiger partial charge in [0.1, 0.15) is 12.1 Å². The first-order valence-electron chi connectivity index (χ1n) is 17.6. The molecular formula is C37H41N7O7. The zero-order valence-electron chi connectivity index (χ0n) is 28.6. The predicted molar refractivity (Wildman–Crippen MR) is 185 cm³/mol. The summed E-state index contributed by atoms with van der Waals surface area (Å²) in [6.45, 7) is 5.25. The van der Waals surface area contributed by atoms with E-state index in [-0.39, 0.29) is 47.9 Å². The first-order valence-corrected chi connectivity index (χ1v) is 17.6. The van der Waals surface area contributed by atoms with Crippen LogP contribution in [0.15, 0.2) is 48.5 Å². The predicted octanol–water partition coefficient (Wildman–Crippen LogP) is 4.22. The molecule has 4 aliphatic rings. The zero-order chi connectivity index (χ0) is 35.8. The van der Waals surface area contributed by atoms with Crippen LogP contribution >= 0.6 is 0 Å². The number of amides is 6. The highest BCUT2D eigenvalue weighted by atomic mass is 16.6. The van der Waals surface area contributed by atoms with Crippen LogP contribution in [0.2, 0.25) is 0 Å². The maximum Gasteiger partial charge on any atom is 0.407 e. The van der Waals surface area contributed by atoms with Gasteiger partial charge in [-0.3, -0.25) is 39.3 Å². The molecule has 0 bridgehead atoms. The van der Waals surface area contributed by atoms with E-state index in [0.717, 1.165) is 60.6 Å². The van der Waals surface area contributed by atoms with Gasteiger partial charge in [0.05, 0.1) is 11.1 Å². The van der Waals surface area contributed by atoms with Gasteiger partial charge < -0.3 is 20.3 Å². The molecule has 14 heteroatoms. The fourth-order valence-corrected chi connectivity index (χ4v) is 7.58. The lowest BCUT2D eigenvalue weighted by atomic mass is 9.88. The van der Waals surface area contributed by atoms with Crippen molar-refractivity contribution in [1.82, 2.24) is 25.7 Å². The summed E-state index contributed by atoms with van der Waals surface area (Å²) in [7, 11) is 0. The van der Waals surface area contributed by atoms with E-state index in [1.807, 2.05) is 50.2 Å². The molecule has 7 rings (SSSR count). The molecule has 4 heterocycles. The van der Waals surface area contributed by atoms with E-state index >= 15 is 0 Å². The smallest absolute Gasteiger partial charge is 0.407 e. The number of piperidine rings is 2. The summed E-state index contributed by atoms with van der Waals surface area (Å²) >= 11 is 0. The molecule has 3 aliphatic heterocycles. The van der Waals surface area contributed by atoms with Crippen LogP contribution in [0.3, 0.4) is 0 Å². The van der Waals surface area contributed by atoms with Crippen molar-refractivity contribution in [3.8, 4) is 0 Å². The summed E-state index contributed by atoms with van der Waals surface area (Å²) in [5, 5.41) is 15.2. The molecule has 1 aromatic heterocycles. The lowest BCUT2D eigenvalue weighted by Gasteiger charge is -2.34. The van der Waals surface area contributed by atoms with Crippen LogP contribution in [-0.2, 0) is 14.3 Å². The second kappa shape index (κ2) is 14.0. The van der Waals surface area contributed by atoms with Crippen LogP contribution in [0.4, 0.5) is 16.3 Å². The number of rotatable bonds is 8. The number of carbonyl (C=O) groups is 6. The Balaban J connectivity index is 0.906. The van der Waals surface area contributed by atoms with Crippen molar-refractivity contribution in [2.75, 3.05) is 23.3 Å². The molecule has 3 aromatic rings. The quantitative estimate of drug-likeness (QED) is 0.251. The Labute approximate surface area is 294 Å². The van der Waals surface area contributed by atoms with E-state index in [9.17, 15) is 28.8 Å². The first kappa shape index (κ1) is 33.9. The number of nitrogens with zero attached hydrogens (tertiary/aromatic N) is 3. The number of ether oxygens (including phenoxy) is 1. The van der Waals surface area contributed by atoms with Gasteiger partial charge in [0.2, 0.25) is 11.8 Å². The van der Waals surface area contributed by atoms with E-state index in [1.54, 1.807) is 12.1 Å². The SMILES string of the molecule is CC(C)NC(=O)O[C@@H]1CC[C@H](c2cc(NC(=O)c3ccc(C4CCN(c5ccc6c(c5)C(=O)N(C5CCC(=O)NC5=O)C6=O)CC4)cc3)n[nH]2)C1. The van der Waals surface area contributed by atoms with Crippen LogP contribution < -0.4 is 20.9 Å².